The molecular weight excluding hydrogens is 312 g/mol. The number of ether oxygens (including phenoxy) is 1. The molecule has 4 heteroatoms. The van der Waals surface area contributed by atoms with Gasteiger partial charge in [-0.3, -0.25) is 4.79 Å². The van der Waals surface area contributed by atoms with Gasteiger partial charge < -0.3 is 15.4 Å². The Morgan fingerprint density at radius 1 is 1.20 bits per heavy atom. The topological polar surface area (TPSA) is 55.6 Å². The third-order valence-electron chi connectivity index (χ3n) is 5.45. The fourth-order valence-electron chi connectivity index (χ4n) is 3.69. The summed E-state index contributed by atoms with van der Waals surface area (Å²) in [7, 11) is 1.67. The largest absolute Gasteiger partial charge is 0.497 e. The Hall–Kier alpha value is -2.07. The van der Waals surface area contributed by atoms with E-state index in [9.17, 15) is 4.79 Å². The highest BCUT2D eigenvalue weighted by molar-refractivity contribution is 5.88. The summed E-state index contributed by atoms with van der Waals surface area (Å²) in [5, 5.41) is 2.25. The summed E-state index contributed by atoms with van der Waals surface area (Å²) in [5.74, 6) is 1.32. The van der Waals surface area contributed by atoms with E-state index in [1.54, 1.807) is 7.11 Å². The van der Waals surface area contributed by atoms with Crippen LogP contribution in [0.2, 0.25) is 0 Å². The number of fused-ring (bicyclic) bond motifs is 1. The number of hydrogen-bond donors (Lipinski definition) is 1. The van der Waals surface area contributed by atoms with Crippen LogP contribution in [-0.2, 0) is 4.79 Å². The molecule has 1 heterocycles. The normalized spacial score (nSPS) is 20.3. The van der Waals surface area contributed by atoms with E-state index in [1.165, 1.54) is 0 Å². The van der Waals surface area contributed by atoms with Gasteiger partial charge in [-0.2, -0.15) is 0 Å². The maximum atomic E-state index is 13.0. The lowest BCUT2D eigenvalue weighted by Gasteiger charge is -2.36. The second-order valence-electron chi connectivity index (χ2n) is 7.24. The van der Waals surface area contributed by atoms with Crippen LogP contribution in [0.4, 0.5) is 0 Å². The molecule has 25 heavy (non-hydrogen) atoms. The van der Waals surface area contributed by atoms with Crippen LogP contribution < -0.4 is 10.5 Å². The van der Waals surface area contributed by atoms with E-state index in [0.29, 0.717) is 5.92 Å². The van der Waals surface area contributed by atoms with Crippen LogP contribution in [0.3, 0.4) is 0 Å². The van der Waals surface area contributed by atoms with Crippen molar-refractivity contribution in [3.8, 4) is 5.75 Å². The molecule has 3 rings (SSSR count). The molecule has 0 saturated carbocycles. The summed E-state index contributed by atoms with van der Waals surface area (Å²) < 4.78 is 5.28. The molecule has 2 N–H and O–H groups in total. The lowest BCUT2D eigenvalue weighted by molar-refractivity contribution is -0.134. The van der Waals surface area contributed by atoms with E-state index in [1.807, 2.05) is 36.9 Å². The maximum absolute atomic E-state index is 13.0. The van der Waals surface area contributed by atoms with Gasteiger partial charge in [-0.05, 0) is 61.1 Å². The molecule has 3 atom stereocenters. The molecule has 0 bridgehead atoms. The van der Waals surface area contributed by atoms with Crippen molar-refractivity contribution in [1.29, 1.82) is 0 Å². The molecule has 1 aliphatic heterocycles. The van der Waals surface area contributed by atoms with E-state index in [2.05, 4.69) is 18.2 Å². The van der Waals surface area contributed by atoms with Crippen LogP contribution in [0.15, 0.2) is 36.4 Å². The number of carbonyl (C=O) groups excluding carboxylic acids is 1. The molecule has 2 aromatic carbocycles. The van der Waals surface area contributed by atoms with Gasteiger partial charge in [-0.25, -0.2) is 0 Å². The van der Waals surface area contributed by atoms with E-state index >= 15 is 0 Å². The Balaban J connectivity index is 1.78. The Bertz CT molecular complexity index is 757. The number of hydrogen-bond acceptors (Lipinski definition) is 3. The summed E-state index contributed by atoms with van der Waals surface area (Å²) in [4.78, 5) is 15.0. The van der Waals surface area contributed by atoms with Gasteiger partial charge in [0.15, 0.2) is 0 Å². The van der Waals surface area contributed by atoms with Crippen molar-refractivity contribution in [1.82, 2.24) is 4.90 Å². The predicted molar refractivity (Wildman–Crippen MR) is 102 cm³/mol. The number of methoxy groups -OCH3 is 1. The lowest BCUT2D eigenvalue weighted by Crippen LogP contribution is -2.46. The molecular formula is C21H28N2O2. The lowest BCUT2D eigenvalue weighted by atomic mass is 9.90. The fraction of sp³-hybridized carbons (Fsp3) is 0.476. The van der Waals surface area contributed by atoms with Gasteiger partial charge in [0.2, 0.25) is 5.91 Å². The molecule has 1 fully saturated rings. The van der Waals surface area contributed by atoms with Crippen LogP contribution in [0.5, 0.6) is 5.75 Å². The van der Waals surface area contributed by atoms with Crippen LogP contribution in [0, 0.1) is 5.92 Å². The van der Waals surface area contributed by atoms with Gasteiger partial charge >= 0.3 is 0 Å². The van der Waals surface area contributed by atoms with Gasteiger partial charge in [-0.1, -0.05) is 24.3 Å². The third-order valence-corrected chi connectivity index (χ3v) is 5.45. The minimum atomic E-state index is -0.140. The van der Waals surface area contributed by atoms with Crippen molar-refractivity contribution in [3.63, 3.8) is 0 Å². The average molecular weight is 340 g/mol. The second kappa shape index (κ2) is 7.44. The quantitative estimate of drug-likeness (QED) is 0.926. The predicted octanol–water partition coefficient (Wildman–Crippen LogP) is 3.54. The third kappa shape index (κ3) is 3.79. The van der Waals surface area contributed by atoms with Gasteiger partial charge in [0.25, 0.3) is 0 Å². The zero-order chi connectivity index (χ0) is 18.0. The number of amides is 1. The molecule has 1 amide bonds. The molecule has 0 aromatic heterocycles. The van der Waals surface area contributed by atoms with Crippen molar-refractivity contribution in [2.45, 2.75) is 38.6 Å². The first kappa shape index (κ1) is 17.7. The number of likely N-dealkylation sites (tertiary alicyclic amines) is 1. The molecule has 0 spiro atoms. The van der Waals surface area contributed by atoms with E-state index in [0.717, 1.165) is 48.0 Å². The number of carbonyl (C=O) groups is 1. The highest BCUT2D eigenvalue weighted by Gasteiger charge is 2.29. The summed E-state index contributed by atoms with van der Waals surface area (Å²) >= 11 is 0. The van der Waals surface area contributed by atoms with Crippen LogP contribution in [-0.4, -0.2) is 37.0 Å². The Morgan fingerprint density at radius 2 is 1.92 bits per heavy atom. The number of piperidine rings is 1. The first-order valence-electron chi connectivity index (χ1n) is 9.11. The van der Waals surface area contributed by atoms with Crippen molar-refractivity contribution >= 4 is 16.7 Å². The van der Waals surface area contributed by atoms with Crippen LogP contribution in [0.1, 0.15) is 38.2 Å². The van der Waals surface area contributed by atoms with Crippen molar-refractivity contribution < 1.29 is 9.53 Å². The minimum Gasteiger partial charge on any atom is -0.497 e. The van der Waals surface area contributed by atoms with Gasteiger partial charge in [0, 0.05) is 19.1 Å². The number of nitrogens with zero attached hydrogens (tertiary/aromatic N) is 1. The van der Waals surface area contributed by atoms with E-state index in [4.69, 9.17) is 10.5 Å². The maximum Gasteiger partial charge on any atom is 0.229 e. The van der Waals surface area contributed by atoms with Crippen molar-refractivity contribution in [3.05, 3.63) is 42.0 Å². The zero-order valence-electron chi connectivity index (χ0n) is 15.4. The highest BCUT2D eigenvalue weighted by atomic mass is 16.5. The number of rotatable bonds is 4. The van der Waals surface area contributed by atoms with Crippen LogP contribution in [0.25, 0.3) is 10.8 Å². The van der Waals surface area contributed by atoms with Gasteiger partial charge in [0.05, 0.1) is 13.0 Å². The van der Waals surface area contributed by atoms with E-state index in [-0.39, 0.29) is 17.9 Å². The van der Waals surface area contributed by atoms with Crippen molar-refractivity contribution in [2.75, 3.05) is 20.2 Å². The number of nitrogens with two attached hydrogens (primary N) is 1. The molecule has 3 unspecified atom stereocenters. The molecule has 0 radical (unpaired) electrons. The van der Waals surface area contributed by atoms with Gasteiger partial charge in [-0.15, -0.1) is 0 Å². The summed E-state index contributed by atoms with van der Waals surface area (Å²) in [6, 6.07) is 12.4. The molecule has 0 aliphatic carbocycles. The monoisotopic (exact) mass is 340 g/mol. The van der Waals surface area contributed by atoms with Crippen LogP contribution >= 0.6 is 0 Å². The highest BCUT2D eigenvalue weighted by Crippen LogP contribution is 2.28. The molecule has 134 valence electrons. The Morgan fingerprint density at radius 3 is 2.64 bits per heavy atom. The minimum absolute atomic E-state index is 0.140. The SMILES string of the molecule is COc1ccc2cc(C(C)C(=O)N3CCCC(C(C)N)C3)ccc2c1. The van der Waals surface area contributed by atoms with Gasteiger partial charge in [0.1, 0.15) is 5.75 Å². The summed E-state index contributed by atoms with van der Waals surface area (Å²) in [6.07, 6.45) is 2.16. The smallest absolute Gasteiger partial charge is 0.229 e. The average Bonchev–Trinajstić information content (AvgIpc) is 2.66. The van der Waals surface area contributed by atoms with Crippen molar-refractivity contribution in [2.24, 2.45) is 11.7 Å². The first-order valence-corrected chi connectivity index (χ1v) is 9.11. The Kier molecular flexibility index (Phi) is 5.28. The summed E-state index contributed by atoms with van der Waals surface area (Å²) in [5.41, 5.74) is 7.12. The molecule has 4 nitrogen and oxygen atoms in total. The molecule has 1 saturated heterocycles. The zero-order valence-corrected chi connectivity index (χ0v) is 15.4. The summed E-state index contributed by atoms with van der Waals surface area (Å²) in [6.45, 7) is 5.67. The second-order valence-corrected chi connectivity index (χ2v) is 7.24. The Labute approximate surface area is 149 Å². The fourth-order valence-corrected chi connectivity index (χ4v) is 3.69. The first-order chi connectivity index (χ1) is 12.0. The molecule has 2 aromatic rings. The van der Waals surface area contributed by atoms with E-state index < -0.39 is 0 Å². The standard InChI is InChI=1S/C21H28N2O2/c1-14(21(24)23-10-4-5-19(13-23)15(2)22)16-6-7-18-12-20(25-3)9-8-17(18)11-16/h6-9,11-12,14-15,19H,4-5,10,13,22H2,1-3H3. The molecule has 1 aliphatic rings. The number of benzene rings is 2.